The van der Waals surface area contributed by atoms with E-state index in [1.165, 1.54) is 5.56 Å². The molecule has 1 aromatic carbocycles. The molecule has 12 heavy (non-hydrogen) atoms. The Bertz CT molecular complexity index is 325. The van der Waals surface area contributed by atoms with Gasteiger partial charge in [0, 0.05) is 4.47 Å². The fraction of sp³-hybridized carbons (Fsp3) is 0.300. The Hall–Kier alpha value is -0.810. The largest absolute Gasteiger partial charge is 0.198 e. The van der Waals surface area contributed by atoms with Gasteiger partial charge >= 0.3 is 0 Å². The Kier molecular flexibility index (Phi) is 2.88. The van der Waals surface area contributed by atoms with Crippen LogP contribution in [0.4, 0.5) is 0 Å². The van der Waals surface area contributed by atoms with Crippen molar-refractivity contribution in [3.8, 4) is 6.07 Å². The van der Waals surface area contributed by atoms with Crippen molar-refractivity contribution in [1.29, 1.82) is 5.26 Å². The van der Waals surface area contributed by atoms with E-state index in [0.29, 0.717) is 0 Å². The molecule has 0 fully saturated rings. The van der Waals surface area contributed by atoms with Crippen LogP contribution in [0.3, 0.4) is 0 Å². The third kappa shape index (κ3) is 1.86. The molecule has 0 bridgehead atoms. The van der Waals surface area contributed by atoms with Gasteiger partial charge in [0.15, 0.2) is 0 Å². The molecule has 1 nitrogen and oxygen atoms in total. The van der Waals surface area contributed by atoms with Crippen LogP contribution in [0.25, 0.3) is 0 Å². The van der Waals surface area contributed by atoms with Gasteiger partial charge in [0.05, 0.1) is 12.0 Å². The van der Waals surface area contributed by atoms with Crippen molar-refractivity contribution in [3.05, 3.63) is 33.8 Å². The van der Waals surface area contributed by atoms with E-state index >= 15 is 0 Å². The minimum absolute atomic E-state index is 0.0260. The van der Waals surface area contributed by atoms with E-state index in [-0.39, 0.29) is 5.92 Å². The molecule has 1 rings (SSSR count). The van der Waals surface area contributed by atoms with Crippen LogP contribution in [-0.2, 0) is 0 Å². The Morgan fingerprint density at radius 1 is 1.50 bits per heavy atom. The predicted octanol–water partition coefficient (Wildman–Crippen LogP) is 3.38. The van der Waals surface area contributed by atoms with Gasteiger partial charge in [-0.25, -0.2) is 0 Å². The monoisotopic (exact) mass is 223 g/mol. The fourth-order valence-corrected chi connectivity index (χ4v) is 1.35. The molecule has 0 aliphatic heterocycles. The second-order valence-electron chi connectivity index (χ2n) is 2.86. The quantitative estimate of drug-likeness (QED) is 0.717. The lowest BCUT2D eigenvalue weighted by Gasteiger charge is -2.04. The van der Waals surface area contributed by atoms with Crippen LogP contribution in [0.5, 0.6) is 0 Å². The van der Waals surface area contributed by atoms with Gasteiger partial charge < -0.3 is 0 Å². The van der Waals surface area contributed by atoms with E-state index in [9.17, 15) is 0 Å². The summed E-state index contributed by atoms with van der Waals surface area (Å²) in [5.41, 5.74) is 2.26. The summed E-state index contributed by atoms with van der Waals surface area (Å²) in [5.74, 6) is -0.0260. The molecule has 0 saturated carbocycles. The second kappa shape index (κ2) is 3.73. The fourth-order valence-electron chi connectivity index (χ4n) is 0.953. The maximum atomic E-state index is 8.68. The highest BCUT2D eigenvalue weighted by atomic mass is 79.9. The topological polar surface area (TPSA) is 23.8 Å². The first-order valence-electron chi connectivity index (χ1n) is 3.81. The van der Waals surface area contributed by atoms with E-state index in [2.05, 4.69) is 22.0 Å². The highest BCUT2D eigenvalue weighted by Gasteiger charge is 2.04. The summed E-state index contributed by atoms with van der Waals surface area (Å²) in [7, 11) is 0. The second-order valence-corrected chi connectivity index (χ2v) is 3.71. The molecule has 0 aliphatic carbocycles. The number of hydrogen-bond acceptors (Lipinski definition) is 1. The molecule has 1 atom stereocenters. The molecule has 2 heteroatoms. The minimum atomic E-state index is -0.0260. The third-order valence-corrected chi connectivity index (χ3v) is 2.74. The van der Waals surface area contributed by atoms with Crippen LogP contribution in [0.2, 0.25) is 0 Å². The zero-order valence-electron chi connectivity index (χ0n) is 7.13. The summed E-state index contributed by atoms with van der Waals surface area (Å²) >= 11 is 3.43. The summed E-state index contributed by atoms with van der Waals surface area (Å²) in [4.78, 5) is 0. The zero-order valence-corrected chi connectivity index (χ0v) is 8.72. The molecular formula is C10H10BrN. The lowest BCUT2D eigenvalue weighted by Crippen LogP contribution is -1.89. The first kappa shape index (κ1) is 9.28. The van der Waals surface area contributed by atoms with Gasteiger partial charge in [-0.05, 0) is 31.0 Å². The molecule has 0 heterocycles. The third-order valence-electron chi connectivity index (χ3n) is 1.89. The molecule has 0 radical (unpaired) electrons. The van der Waals surface area contributed by atoms with Crippen molar-refractivity contribution in [1.82, 2.24) is 0 Å². The summed E-state index contributed by atoms with van der Waals surface area (Å²) in [6.07, 6.45) is 0. The average molecular weight is 224 g/mol. The standard InChI is InChI=1S/C10H10BrN/c1-7-3-4-9(5-10(7)11)8(2)6-12/h3-5,8H,1-2H3. The van der Waals surface area contributed by atoms with Gasteiger partial charge in [-0.15, -0.1) is 0 Å². The van der Waals surface area contributed by atoms with Crippen LogP contribution < -0.4 is 0 Å². The summed E-state index contributed by atoms with van der Waals surface area (Å²) in [6.45, 7) is 3.93. The Labute approximate surface area is 81.2 Å². The minimum Gasteiger partial charge on any atom is -0.198 e. The lowest BCUT2D eigenvalue weighted by molar-refractivity contribution is 0.978. The number of benzene rings is 1. The molecule has 0 aliphatic rings. The van der Waals surface area contributed by atoms with Crippen molar-refractivity contribution >= 4 is 15.9 Å². The first-order valence-corrected chi connectivity index (χ1v) is 4.60. The highest BCUT2D eigenvalue weighted by Crippen LogP contribution is 2.22. The number of halogens is 1. The Balaban J connectivity index is 3.06. The Morgan fingerprint density at radius 2 is 2.17 bits per heavy atom. The van der Waals surface area contributed by atoms with E-state index < -0.39 is 0 Å². The summed E-state index contributed by atoms with van der Waals surface area (Å²) < 4.78 is 1.07. The van der Waals surface area contributed by atoms with E-state index in [4.69, 9.17) is 5.26 Å². The maximum Gasteiger partial charge on any atom is 0.0700 e. The van der Waals surface area contributed by atoms with Crippen LogP contribution in [-0.4, -0.2) is 0 Å². The van der Waals surface area contributed by atoms with Crippen LogP contribution in [0, 0.1) is 18.3 Å². The smallest absolute Gasteiger partial charge is 0.0700 e. The van der Waals surface area contributed by atoms with Crippen molar-refractivity contribution in [2.24, 2.45) is 0 Å². The van der Waals surface area contributed by atoms with Gasteiger partial charge in [-0.1, -0.05) is 28.1 Å². The lowest BCUT2D eigenvalue weighted by atomic mass is 10.0. The van der Waals surface area contributed by atoms with Crippen molar-refractivity contribution in [2.75, 3.05) is 0 Å². The molecule has 0 saturated heterocycles. The number of nitriles is 1. The van der Waals surface area contributed by atoms with Crippen molar-refractivity contribution < 1.29 is 0 Å². The molecule has 0 aromatic heterocycles. The zero-order chi connectivity index (χ0) is 9.14. The SMILES string of the molecule is Cc1ccc(C(C)C#N)cc1Br. The van der Waals surface area contributed by atoms with Gasteiger partial charge in [0.1, 0.15) is 0 Å². The summed E-state index contributed by atoms with van der Waals surface area (Å²) in [5, 5.41) is 8.68. The number of aryl methyl sites for hydroxylation is 1. The maximum absolute atomic E-state index is 8.68. The number of hydrogen-bond donors (Lipinski definition) is 0. The van der Waals surface area contributed by atoms with E-state index in [1.54, 1.807) is 0 Å². The Morgan fingerprint density at radius 3 is 2.67 bits per heavy atom. The van der Waals surface area contributed by atoms with Gasteiger partial charge in [0.25, 0.3) is 0 Å². The van der Waals surface area contributed by atoms with Crippen LogP contribution in [0.15, 0.2) is 22.7 Å². The molecule has 62 valence electrons. The van der Waals surface area contributed by atoms with Gasteiger partial charge in [0.2, 0.25) is 0 Å². The van der Waals surface area contributed by atoms with Crippen LogP contribution in [0.1, 0.15) is 24.0 Å². The van der Waals surface area contributed by atoms with Crippen LogP contribution >= 0.6 is 15.9 Å². The van der Waals surface area contributed by atoms with E-state index in [1.807, 2.05) is 32.0 Å². The molecular weight excluding hydrogens is 214 g/mol. The molecule has 0 spiro atoms. The number of nitrogens with zero attached hydrogens (tertiary/aromatic N) is 1. The number of rotatable bonds is 1. The van der Waals surface area contributed by atoms with Crippen molar-refractivity contribution in [2.45, 2.75) is 19.8 Å². The van der Waals surface area contributed by atoms with Gasteiger partial charge in [-0.2, -0.15) is 5.26 Å². The van der Waals surface area contributed by atoms with Gasteiger partial charge in [-0.3, -0.25) is 0 Å². The normalized spacial score (nSPS) is 12.2. The molecule has 0 N–H and O–H groups in total. The average Bonchev–Trinajstić information content (AvgIpc) is 2.08. The molecule has 1 unspecified atom stereocenters. The van der Waals surface area contributed by atoms with E-state index in [0.717, 1.165) is 10.0 Å². The molecule has 0 amide bonds. The predicted molar refractivity (Wildman–Crippen MR) is 52.9 cm³/mol. The first-order chi connectivity index (χ1) is 5.65. The molecule has 1 aromatic rings. The van der Waals surface area contributed by atoms with Crippen molar-refractivity contribution in [3.63, 3.8) is 0 Å². The summed E-state index contributed by atoms with van der Waals surface area (Å²) in [6, 6.07) is 8.23. The highest BCUT2D eigenvalue weighted by molar-refractivity contribution is 9.10.